The van der Waals surface area contributed by atoms with Crippen molar-refractivity contribution in [1.82, 2.24) is 10.1 Å². The lowest BCUT2D eigenvalue weighted by Gasteiger charge is -2.42. The van der Waals surface area contributed by atoms with E-state index in [-0.39, 0.29) is 0 Å². The van der Waals surface area contributed by atoms with Crippen molar-refractivity contribution in [2.75, 3.05) is 7.05 Å². The molecular formula is C23H23IN2O. The van der Waals surface area contributed by atoms with Crippen LogP contribution in [0, 0.1) is 3.57 Å². The van der Waals surface area contributed by atoms with Gasteiger partial charge in [-0.25, -0.2) is 0 Å². The normalized spacial score (nSPS) is 27.8. The Balaban J connectivity index is 1.54. The molecule has 2 fully saturated rings. The second-order valence-corrected chi connectivity index (χ2v) is 9.11. The third-order valence-corrected chi connectivity index (χ3v) is 7.21. The molecule has 2 aromatic carbocycles. The Hall–Kier alpha value is -1.66. The molecule has 3 nitrogen and oxygen atoms in total. The third kappa shape index (κ3) is 3.13. The number of hydrogen-bond acceptors (Lipinski definition) is 3. The van der Waals surface area contributed by atoms with E-state index in [9.17, 15) is 0 Å². The molecule has 2 aliphatic rings. The Morgan fingerprint density at radius 3 is 2.59 bits per heavy atom. The summed E-state index contributed by atoms with van der Waals surface area (Å²) in [5.74, 6) is 1.89. The number of hydrogen-bond donors (Lipinski definition) is 0. The van der Waals surface area contributed by atoms with Crippen LogP contribution in [0.1, 0.15) is 42.4 Å². The van der Waals surface area contributed by atoms with E-state index in [4.69, 9.17) is 4.52 Å². The molecule has 2 saturated heterocycles. The van der Waals surface area contributed by atoms with Crippen LogP contribution in [0.25, 0.3) is 11.3 Å². The fourth-order valence-corrected chi connectivity index (χ4v) is 5.46. The van der Waals surface area contributed by atoms with Gasteiger partial charge in [-0.2, -0.15) is 0 Å². The average molecular weight is 470 g/mol. The molecule has 4 heteroatoms. The summed E-state index contributed by atoms with van der Waals surface area (Å²) in [5.41, 5.74) is 3.49. The van der Waals surface area contributed by atoms with E-state index in [1.54, 1.807) is 0 Å². The summed E-state index contributed by atoms with van der Waals surface area (Å²) in [7, 11) is 2.29. The van der Waals surface area contributed by atoms with Gasteiger partial charge >= 0.3 is 0 Å². The predicted octanol–water partition coefficient (Wildman–Crippen LogP) is 5.68. The van der Waals surface area contributed by atoms with E-state index in [1.165, 1.54) is 28.4 Å². The van der Waals surface area contributed by atoms with Crippen LogP contribution in [0.2, 0.25) is 0 Å². The number of fused-ring (bicyclic) bond motifs is 2. The molecule has 2 aliphatic heterocycles. The number of halogens is 1. The summed E-state index contributed by atoms with van der Waals surface area (Å²) in [4.78, 5) is 2.58. The van der Waals surface area contributed by atoms with Crippen molar-refractivity contribution >= 4 is 22.6 Å². The van der Waals surface area contributed by atoms with Crippen molar-refractivity contribution in [2.45, 2.75) is 43.2 Å². The SMILES string of the molecule is CN1C2CCC1C(c1cc(-c3ccccc3)no1)[C@@H](c1ccc(I)cc1)C2. The van der Waals surface area contributed by atoms with Gasteiger partial charge in [-0.1, -0.05) is 47.6 Å². The Morgan fingerprint density at radius 1 is 1.04 bits per heavy atom. The molecule has 3 unspecified atom stereocenters. The van der Waals surface area contributed by atoms with E-state index in [2.05, 4.69) is 82.2 Å². The van der Waals surface area contributed by atoms with Crippen LogP contribution in [0.15, 0.2) is 65.2 Å². The lowest BCUT2D eigenvalue weighted by molar-refractivity contribution is 0.122. The van der Waals surface area contributed by atoms with Gasteiger partial charge in [0, 0.05) is 33.2 Å². The quantitative estimate of drug-likeness (QED) is 0.462. The van der Waals surface area contributed by atoms with Gasteiger partial charge in [-0.3, -0.25) is 4.90 Å². The van der Waals surface area contributed by atoms with Gasteiger partial charge < -0.3 is 4.52 Å². The van der Waals surface area contributed by atoms with Gasteiger partial charge in [0.25, 0.3) is 0 Å². The summed E-state index contributed by atoms with van der Waals surface area (Å²) >= 11 is 2.38. The zero-order chi connectivity index (χ0) is 18.4. The van der Waals surface area contributed by atoms with Gasteiger partial charge in [0.05, 0.1) is 0 Å². The maximum atomic E-state index is 5.95. The van der Waals surface area contributed by atoms with Gasteiger partial charge in [0.1, 0.15) is 11.5 Å². The first kappa shape index (κ1) is 17.4. The number of likely N-dealkylation sites (N-methyl/N-ethyl adjacent to an activating group) is 1. The van der Waals surface area contributed by atoms with Crippen molar-refractivity contribution in [3.63, 3.8) is 0 Å². The number of aromatic nitrogens is 1. The van der Waals surface area contributed by atoms with Crippen molar-refractivity contribution in [3.8, 4) is 11.3 Å². The van der Waals surface area contributed by atoms with Crippen molar-refractivity contribution in [3.05, 3.63) is 75.6 Å². The highest BCUT2D eigenvalue weighted by Gasteiger charge is 2.48. The predicted molar refractivity (Wildman–Crippen MR) is 116 cm³/mol. The molecule has 5 rings (SSSR count). The second-order valence-electron chi connectivity index (χ2n) is 7.86. The summed E-state index contributed by atoms with van der Waals surface area (Å²) in [6.07, 6.45) is 3.73. The summed E-state index contributed by atoms with van der Waals surface area (Å²) in [5, 5.41) is 4.42. The van der Waals surface area contributed by atoms with Crippen LogP contribution in [0.4, 0.5) is 0 Å². The highest BCUT2D eigenvalue weighted by atomic mass is 127. The Kier molecular flexibility index (Phi) is 4.56. The number of benzene rings is 2. The standard InChI is InChI=1S/C23H23IN2O/c1-26-18-11-12-21(26)23(19(13-18)15-7-9-17(24)10-8-15)22-14-20(25-27-22)16-5-3-2-4-6-16/h2-10,14,18-19,21,23H,11-13H2,1H3/t18?,19-,21?,23?/m1/s1. The highest BCUT2D eigenvalue weighted by Crippen LogP contribution is 2.51. The topological polar surface area (TPSA) is 29.3 Å². The smallest absolute Gasteiger partial charge is 0.142 e. The molecular weight excluding hydrogens is 447 g/mol. The molecule has 1 aromatic heterocycles. The molecule has 138 valence electrons. The van der Waals surface area contributed by atoms with Crippen molar-refractivity contribution in [2.24, 2.45) is 0 Å². The second kappa shape index (κ2) is 7.06. The molecule has 2 bridgehead atoms. The largest absolute Gasteiger partial charge is 0.360 e. The Morgan fingerprint density at radius 2 is 1.81 bits per heavy atom. The molecule has 3 heterocycles. The fraction of sp³-hybridized carbons (Fsp3) is 0.348. The summed E-state index contributed by atoms with van der Waals surface area (Å²) in [6.45, 7) is 0. The van der Waals surface area contributed by atoms with E-state index in [1.807, 2.05) is 18.2 Å². The monoisotopic (exact) mass is 470 g/mol. The van der Waals surface area contributed by atoms with E-state index >= 15 is 0 Å². The first-order valence-electron chi connectivity index (χ1n) is 9.70. The fourth-order valence-electron chi connectivity index (χ4n) is 5.10. The minimum atomic E-state index is 0.360. The van der Waals surface area contributed by atoms with E-state index in [0.29, 0.717) is 23.9 Å². The Bertz CT molecular complexity index is 921. The lowest BCUT2D eigenvalue weighted by Crippen LogP contribution is -2.44. The molecule has 0 amide bonds. The first-order chi connectivity index (χ1) is 13.2. The van der Waals surface area contributed by atoms with Gasteiger partial charge in [-0.05, 0) is 72.5 Å². The van der Waals surface area contributed by atoms with E-state index < -0.39 is 0 Å². The molecule has 0 spiro atoms. The number of piperidine rings is 1. The minimum Gasteiger partial charge on any atom is -0.360 e. The molecule has 0 aliphatic carbocycles. The van der Waals surface area contributed by atoms with Crippen LogP contribution in [0.5, 0.6) is 0 Å². The molecule has 27 heavy (non-hydrogen) atoms. The maximum absolute atomic E-state index is 5.95. The first-order valence-corrected chi connectivity index (χ1v) is 10.8. The molecule has 0 saturated carbocycles. The van der Waals surface area contributed by atoms with E-state index in [0.717, 1.165) is 17.0 Å². The molecule has 0 radical (unpaired) electrons. The van der Waals surface area contributed by atoms with Crippen LogP contribution < -0.4 is 0 Å². The van der Waals surface area contributed by atoms with Crippen LogP contribution in [-0.4, -0.2) is 29.2 Å². The Labute approximate surface area is 173 Å². The highest BCUT2D eigenvalue weighted by molar-refractivity contribution is 14.1. The zero-order valence-corrected chi connectivity index (χ0v) is 17.5. The summed E-state index contributed by atoms with van der Waals surface area (Å²) in [6, 6.07) is 22.8. The zero-order valence-electron chi connectivity index (χ0n) is 15.4. The number of nitrogens with zero attached hydrogens (tertiary/aromatic N) is 2. The van der Waals surface area contributed by atoms with Crippen molar-refractivity contribution in [1.29, 1.82) is 0 Å². The summed E-state index contributed by atoms with van der Waals surface area (Å²) < 4.78 is 7.24. The molecule has 3 aromatic rings. The van der Waals surface area contributed by atoms with Crippen molar-refractivity contribution < 1.29 is 4.52 Å². The van der Waals surface area contributed by atoms with Crippen LogP contribution >= 0.6 is 22.6 Å². The number of rotatable bonds is 3. The molecule has 0 N–H and O–H groups in total. The van der Waals surface area contributed by atoms with Gasteiger partial charge in [0.2, 0.25) is 0 Å². The average Bonchev–Trinajstić information content (AvgIpc) is 3.26. The third-order valence-electron chi connectivity index (χ3n) is 6.49. The maximum Gasteiger partial charge on any atom is 0.142 e. The van der Waals surface area contributed by atoms with Gasteiger partial charge in [-0.15, -0.1) is 0 Å². The van der Waals surface area contributed by atoms with Crippen LogP contribution in [-0.2, 0) is 0 Å². The lowest BCUT2D eigenvalue weighted by atomic mass is 9.75. The molecule has 4 atom stereocenters. The minimum absolute atomic E-state index is 0.360. The van der Waals surface area contributed by atoms with Crippen LogP contribution in [0.3, 0.4) is 0 Å². The van der Waals surface area contributed by atoms with Gasteiger partial charge in [0.15, 0.2) is 0 Å².